The summed E-state index contributed by atoms with van der Waals surface area (Å²) in [5, 5.41) is 0.222. The van der Waals surface area contributed by atoms with Crippen molar-refractivity contribution >= 4 is 33.2 Å². The van der Waals surface area contributed by atoms with Crippen molar-refractivity contribution in [2.24, 2.45) is 0 Å². The fourth-order valence-electron chi connectivity index (χ4n) is 4.70. The van der Waals surface area contributed by atoms with E-state index in [0.717, 1.165) is 25.0 Å². The zero-order valence-corrected chi connectivity index (χ0v) is 18.7. The lowest BCUT2D eigenvalue weighted by Crippen LogP contribution is -2.29. The van der Waals surface area contributed by atoms with Crippen LogP contribution in [0.1, 0.15) is 24.2 Å². The molecule has 6 rings (SSSR count). The summed E-state index contributed by atoms with van der Waals surface area (Å²) in [5.41, 5.74) is 1.02. The SMILES string of the molecule is Cc1nc2c(c(=O)n1C[C@@H]1CCCO1)c1nc3ccccc3nc1n2-c1cccc(C(F)(F)F)c1. The average Bonchev–Trinajstić information content (AvgIpc) is 3.45. The highest BCUT2D eigenvalue weighted by molar-refractivity contribution is 6.05. The Morgan fingerprint density at radius 1 is 1.03 bits per heavy atom. The highest BCUT2D eigenvalue weighted by Gasteiger charge is 2.31. The Morgan fingerprint density at radius 2 is 1.80 bits per heavy atom. The summed E-state index contributed by atoms with van der Waals surface area (Å²) >= 11 is 0. The van der Waals surface area contributed by atoms with Gasteiger partial charge in [-0.05, 0) is 50.1 Å². The van der Waals surface area contributed by atoms with Gasteiger partial charge in [0.2, 0.25) is 0 Å². The fraction of sp³-hybridized carbons (Fsp3) is 0.280. The van der Waals surface area contributed by atoms with Crippen LogP contribution in [0.25, 0.3) is 38.9 Å². The number of rotatable bonds is 3. The summed E-state index contributed by atoms with van der Waals surface area (Å²) in [6, 6.07) is 12.1. The summed E-state index contributed by atoms with van der Waals surface area (Å²) in [6.45, 7) is 2.71. The van der Waals surface area contributed by atoms with E-state index in [0.29, 0.717) is 35.5 Å². The molecule has 178 valence electrons. The second-order valence-corrected chi connectivity index (χ2v) is 8.68. The number of alkyl halides is 3. The van der Waals surface area contributed by atoms with Gasteiger partial charge in [0.05, 0.1) is 29.2 Å². The molecule has 3 aromatic heterocycles. The first-order valence-electron chi connectivity index (χ1n) is 11.3. The Bertz CT molecular complexity index is 1670. The van der Waals surface area contributed by atoms with E-state index < -0.39 is 11.7 Å². The summed E-state index contributed by atoms with van der Waals surface area (Å²) in [5.74, 6) is 0.443. The minimum Gasteiger partial charge on any atom is -0.376 e. The van der Waals surface area contributed by atoms with Crippen molar-refractivity contribution in [3.63, 3.8) is 0 Å². The number of benzene rings is 2. The topological polar surface area (TPSA) is 74.8 Å². The molecule has 35 heavy (non-hydrogen) atoms. The molecule has 0 aliphatic carbocycles. The number of aromatic nitrogens is 5. The highest BCUT2D eigenvalue weighted by atomic mass is 19.4. The molecular weight excluding hydrogens is 459 g/mol. The second-order valence-electron chi connectivity index (χ2n) is 8.68. The quantitative estimate of drug-likeness (QED) is 0.372. The van der Waals surface area contributed by atoms with Gasteiger partial charge in [0.25, 0.3) is 5.56 Å². The maximum absolute atomic E-state index is 13.8. The van der Waals surface area contributed by atoms with Gasteiger partial charge < -0.3 is 4.74 Å². The molecular formula is C25H20F3N5O2. The lowest BCUT2D eigenvalue weighted by molar-refractivity contribution is -0.137. The van der Waals surface area contributed by atoms with E-state index in [1.807, 2.05) is 6.07 Å². The third kappa shape index (κ3) is 3.56. The third-order valence-corrected chi connectivity index (χ3v) is 6.40. The van der Waals surface area contributed by atoms with Crippen LogP contribution in [0.5, 0.6) is 0 Å². The molecule has 0 saturated carbocycles. The molecule has 0 unspecified atom stereocenters. The van der Waals surface area contributed by atoms with Crippen LogP contribution in [0, 0.1) is 6.92 Å². The molecule has 1 fully saturated rings. The molecule has 1 atom stereocenters. The fourth-order valence-corrected chi connectivity index (χ4v) is 4.70. The summed E-state index contributed by atoms with van der Waals surface area (Å²) in [7, 11) is 0. The molecule has 10 heteroatoms. The number of aryl methyl sites for hydroxylation is 1. The minimum atomic E-state index is -4.52. The Kier molecular flexibility index (Phi) is 4.89. The van der Waals surface area contributed by atoms with Gasteiger partial charge in [-0.3, -0.25) is 13.9 Å². The van der Waals surface area contributed by atoms with E-state index in [1.54, 1.807) is 35.8 Å². The summed E-state index contributed by atoms with van der Waals surface area (Å²) in [4.78, 5) is 27.8. The van der Waals surface area contributed by atoms with Crippen molar-refractivity contribution in [2.45, 2.75) is 38.6 Å². The molecule has 7 nitrogen and oxygen atoms in total. The molecule has 0 spiro atoms. The summed E-state index contributed by atoms with van der Waals surface area (Å²) in [6.07, 6.45) is -2.83. The molecule has 1 aliphatic rings. The first kappa shape index (κ1) is 21.7. The lowest BCUT2D eigenvalue weighted by atomic mass is 10.2. The minimum absolute atomic E-state index is 0.0885. The first-order valence-corrected chi connectivity index (χ1v) is 11.3. The lowest BCUT2D eigenvalue weighted by Gasteiger charge is -2.15. The Morgan fingerprint density at radius 3 is 2.51 bits per heavy atom. The van der Waals surface area contributed by atoms with Crippen LogP contribution >= 0.6 is 0 Å². The van der Waals surface area contributed by atoms with Crippen LogP contribution in [0.4, 0.5) is 13.2 Å². The van der Waals surface area contributed by atoms with Gasteiger partial charge >= 0.3 is 6.18 Å². The van der Waals surface area contributed by atoms with Gasteiger partial charge in [-0.15, -0.1) is 0 Å². The molecule has 0 radical (unpaired) electrons. The van der Waals surface area contributed by atoms with Crippen molar-refractivity contribution in [1.29, 1.82) is 0 Å². The first-order chi connectivity index (χ1) is 16.8. The van der Waals surface area contributed by atoms with E-state index >= 15 is 0 Å². The van der Waals surface area contributed by atoms with Crippen molar-refractivity contribution in [2.75, 3.05) is 6.61 Å². The van der Waals surface area contributed by atoms with Crippen LogP contribution < -0.4 is 5.56 Å². The largest absolute Gasteiger partial charge is 0.416 e. The van der Waals surface area contributed by atoms with Crippen molar-refractivity contribution in [3.05, 3.63) is 70.3 Å². The van der Waals surface area contributed by atoms with E-state index in [-0.39, 0.29) is 34.0 Å². The Labute approximate surface area is 196 Å². The van der Waals surface area contributed by atoms with Crippen molar-refractivity contribution < 1.29 is 17.9 Å². The zero-order valence-electron chi connectivity index (χ0n) is 18.7. The highest BCUT2D eigenvalue weighted by Crippen LogP contribution is 2.33. The van der Waals surface area contributed by atoms with Gasteiger partial charge in [0.1, 0.15) is 16.7 Å². The van der Waals surface area contributed by atoms with E-state index in [9.17, 15) is 18.0 Å². The number of para-hydroxylation sites is 2. The Balaban J connectivity index is 1.70. The van der Waals surface area contributed by atoms with Crippen LogP contribution in [-0.2, 0) is 17.5 Å². The molecule has 1 aliphatic heterocycles. The van der Waals surface area contributed by atoms with Crippen LogP contribution in [0.15, 0.2) is 53.3 Å². The molecule has 5 aromatic rings. The molecule has 0 N–H and O–H groups in total. The van der Waals surface area contributed by atoms with Crippen molar-refractivity contribution in [3.8, 4) is 5.69 Å². The standard InChI is InChI=1S/C25H20F3N5O2/c1-14-29-22-20(24(34)32(14)13-17-8-5-11-35-17)21-23(31-19-10-3-2-9-18(19)30-21)33(22)16-7-4-6-15(12-16)25(26,27)28/h2-4,6-7,9-10,12,17H,5,8,11,13H2,1H3/t17-/m0/s1. The number of halogens is 3. The van der Waals surface area contributed by atoms with E-state index in [2.05, 4.69) is 4.98 Å². The average molecular weight is 479 g/mol. The van der Waals surface area contributed by atoms with Gasteiger partial charge in [-0.25, -0.2) is 15.0 Å². The van der Waals surface area contributed by atoms with Crippen LogP contribution in [0.2, 0.25) is 0 Å². The molecule has 4 heterocycles. The van der Waals surface area contributed by atoms with E-state index in [1.165, 1.54) is 10.6 Å². The normalized spacial score (nSPS) is 16.6. The van der Waals surface area contributed by atoms with Gasteiger partial charge in [-0.1, -0.05) is 18.2 Å². The second kappa shape index (κ2) is 7.88. The van der Waals surface area contributed by atoms with E-state index in [4.69, 9.17) is 14.7 Å². The number of ether oxygens (including phenoxy) is 1. The molecule has 0 bridgehead atoms. The number of nitrogens with zero attached hydrogens (tertiary/aromatic N) is 5. The number of hydrogen-bond donors (Lipinski definition) is 0. The van der Waals surface area contributed by atoms with Gasteiger partial charge in [-0.2, -0.15) is 13.2 Å². The maximum atomic E-state index is 13.8. The number of hydrogen-bond acceptors (Lipinski definition) is 5. The molecule has 2 aromatic carbocycles. The van der Waals surface area contributed by atoms with Crippen molar-refractivity contribution in [1.82, 2.24) is 24.1 Å². The van der Waals surface area contributed by atoms with Gasteiger partial charge in [0.15, 0.2) is 11.3 Å². The zero-order chi connectivity index (χ0) is 24.3. The predicted octanol–water partition coefficient (Wildman–Crippen LogP) is 4.79. The molecule has 0 amide bonds. The third-order valence-electron chi connectivity index (χ3n) is 6.40. The monoisotopic (exact) mass is 479 g/mol. The van der Waals surface area contributed by atoms with Crippen LogP contribution in [0.3, 0.4) is 0 Å². The Hall–Kier alpha value is -3.79. The van der Waals surface area contributed by atoms with Crippen LogP contribution in [-0.4, -0.2) is 36.8 Å². The smallest absolute Gasteiger partial charge is 0.376 e. The van der Waals surface area contributed by atoms with Gasteiger partial charge in [0, 0.05) is 12.3 Å². The maximum Gasteiger partial charge on any atom is 0.416 e. The summed E-state index contributed by atoms with van der Waals surface area (Å²) < 4.78 is 49.3. The number of fused-ring (bicyclic) bond motifs is 4. The predicted molar refractivity (Wildman–Crippen MR) is 125 cm³/mol. The molecule has 1 saturated heterocycles.